The summed E-state index contributed by atoms with van der Waals surface area (Å²) in [6.07, 6.45) is 3.41. The minimum atomic E-state index is -2.99. The van der Waals surface area contributed by atoms with Gasteiger partial charge in [-0.3, -0.25) is 5.10 Å². The Morgan fingerprint density at radius 1 is 1.37 bits per heavy atom. The first-order chi connectivity index (χ1) is 12.8. The van der Waals surface area contributed by atoms with Gasteiger partial charge in [0.2, 0.25) is 0 Å². The van der Waals surface area contributed by atoms with Crippen LogP contribution in [0.4, 0.5) is 10.9 Å². The van der Waals surface area contributed by atoms with Gasteiger partial charge in [0.25, 0.3) is 0 Å². The molecular formula is C17H22N4O3S3. The van der Waals surface area contributed by atoms with E-state index in [9.17, 15) is 8.42 Å². The van der Waals surface area contributed by atoms with Crippen LogP contribution in [-0.2, 0) is 9.84 Å². The van der Waals surface area contributed by atoms with Crippen molar-refractivity contribution in [1.82, 2.24) is 15.2 Å². The summed E-state index contributed by atoms with van der Waals surface area (Å²) in [5.74, 6) is 1.46. The van der Waals surface area contributed by atoms with Gasteiger partial charge in [0.15, 0.2) is 10.9 Å². The van der Waals surface area contributed by atoms with Crippen LogP contribution in [-0.4, -0.2) is 47.5 Å². The summed E-state index contributed by atoms with van der Waals surface area (Å²) in [6, 6.07) is 4.04. The molecule has 0 amide bonds. The molecule has 0 saturated heterocycles. The lowest BCUT2D eigenvalue weighted by Crippen LogP contribution is -2.08. The normalized spacial score (nSPS) is 12.0. The monoisotopic (exact) mass is 426 g/mol. The zero-order valence-electron chi connectivity index (χ0n) is 15.4. The SMILES string of the molecule is CC(C)Sc1cc(OCCCS(C)(=O)=O)c2[nH]nc(Nc3nccs3)c2c1. The molecule has 0 radical (unpaired) electrons. The zero-order chi connectivity index (χ0) is 19.4. The molecule has 0 atom stereocenters. The molecule has 0 bridgehead atoms. The van der Waals surface area contributed by atoms with E-state index in [0.717, 1.165) is 20.9 Å². The Morgan fingerprint density at radius 2 is 2.19 bits per heavy atom. The van der Waals surface area contributed by atoms with Crippen molar-refractivity contribution in [3.8, 4) is 5.75 Å². The van der Waals surface area contributed by atoms with Gasteiger partial charge in [-0.1, -0.05) is 13.8 Å². The number of H-pyrrole nitrogens is 1. The number of aromatic amines is 1. The molecule has 2 aromatic heterocycles. The van der Waals surface area contributed by atoms with E-state index in [1.807, 2.05) is 11.4 Å². The summed E-state index contributed by atoms with van der Waals surface area (Å²) >= 11 is 3.23. The number of aromatic nitrogens is 3. The maximum Gasteiger partial charge on any atom is 0.188 e. The zero-order valence-corrected chi connectivity index (χ0v) is 17.8. The minimum Gasteiger partial charge on any atom is -0.491 e. The van der Waals surface area contributed by atoms with Gasteiger partial charge in [0.1, 0.15) is 21.1 Å². The van der Waals surface area contributed by atoms with Crippen LogP contribution in [0.25, 0.3) is 10.9 Å². The van der Waals surface area contributed by atoms with E-state index in [1.165, 1.54) is 17.6 Å². The predicted molar refractivity (Wildman–Crippen MR) is 112 cm³/mol. The number of nitrogens with one attached hydrogen (secondary N) is 2. The van der Waals surface area contributed by atoms with Gasteiger partial charge >= 0.3 is 0 Å². The molecule has 10 heteroatoms. The summed E-state index contributed by atoms with van der Waals surface area (Å²) < 4.78 is 28.5. The Bertz CT molecular complexity index is 998. The van der Waals surface area contributed by atoms with Crippen molar-refractivity contribution in [2.75, 3.05) is 23.9 Å². The summed E-state index contributed by atoms with van der Waals surface area (Å²) in [5.41, 5.74) is 0.779. The number of hydrogen-bond donors (Lipinski definition) is 2. The van der Waals surface area contributed by atoms with Crippen molar-refractivity contribution in [2.24, 2.45) is 0 Å². The molecule has 0 spiro atoms. The number of anilines is 2. The molecule has 0 saturated carbocycles. The lowest BCUT2D eigenvalue weighted by molar-refractivity contribution is 0.320. The molecule has 27 heavy (non-hydrogen) atoms. The van der Waals surface area contributed by atoms with Crippen LogP contribution in [0, 0.1) is 0 Å². The maximum absolute atomic E-state index is 11.3. The topological polar surface area (TPSA) is 97.0 Å². The van der Waals surface area contributed by atoms with Crippen LogP contribution in [0.15, 0.2) is 28.6 Å². The number of benzene rings is 1. The van der Waals surface area contributed by atoms with Crippen LogP contribution in [0.5, 0.6) is 5.75 Å². The lowest BCUT2D eigenvalue weighted by atomic mass is 10.2. The standard InChI is InChI=1S/C17H22N4O3S3/c1-11(2)26-12-9-13-15(14(10-12)24-6-4-8-27(3,22)23)20-21-16(13)19-17-18-5-7-25-17/h5,7,9-11H,4,6,8H2,1-3H3,(H2,18,19,20,21). The molecular weight excluding hydrogens is 404 g/mol. The Balaban J connectivity index is 1.87. The molecule has 3 rings (SSSR count). The molecule has 0 unspecified atom stereocenters. The minimum absolute atomic E-state index is 0.108. The average Bonchev–Trinajstić information content (AvgIpc) is 3.21. The highest BCUT2D eigenvalue weighted by molar-refractivity contribution is 7.99. The number of ether oxygens (including phenoxy) is 1. The van der Waals surface area contributed by atoms with Gasteiger partial charge in [-0.2, -0.15) is 5.10 Å². The summed E-state index contributed by atoms with van der Waals surface area (Å²) in [5, 5.41) is 14.6. The Morgan fingerprint density at radius 3 is 2.85 bits per heavy atom. The number of thiazole rings is 1. The molecule has 0 aliphatic rings. The Labute approximate surface area is 166 Å². The van der Waals surface area contributed by atoms with Gasteiger partial charge < -0.3 is 10.1 Å². The number of rotatable bonds is 9. The van der Waals surface area contributed by atoms with Gasteiger partial charge in [-0.15, -0.1) is 23.1 Å². The quantitative estimate of drug-likeness (QED) is 0.393. The van der Waals surface area contributed by atoms with E-state index >= 15 is 0 Å². The van der Waals surface area contributed by atoms with Gasteiger partial charge in [-0.25, -0.2) is 13.4 Å². The van der Waals surface area contributed by atoms with Gasteiger partial charge in [0.05, 0.1) is 12.4 Å². The van der Waals surface area contributed by atoms with Crippen LogP contribution >= 0.6 is 23.1 Å². The first kappa shape index (κ1) is 20.0. The Kier molecular flexibility index (Phi) is 6.28. The van der Waals surface area contributed by atoms with Crippen LogP contribution < -0.4 is 10.1 Å². The van der Waals surface area contributed by atoms with Crippen molar-refractivity contribution in [2.45, 2.75) is 30.4 Å². The first-order valence-corrected chi connectivity index (χ1v) is 12.3. The molecule has 3 aromatic rings. The molecule has 0 aliphatic carbocycles. The Hall–Kier alpha value is -1.78. The molecule has 2 heterocycles. The second-order valence-electron chi connectivity index (χ2n) is 6.38. The van der Waals surface area contributed by atoms with Crippen LogP contribution in [0.3, 0.4) is 0 Å². The van der Waals surface area contributed by atoms with Crippen LogP contribution in [0.1, 0.15) is 20.3 Å². The van der Waals surface area contributed by atoms with E-state index < -0.39 is 9.84 Å². The molecule has 1 aromatic carbocycles. The fraction of sp³-hybridized carbons (Fsp3) is 0.412. The van der Waals surface area contributed by atoms with Gasteiger partial charge in [-0.05, 0) is 18.6 Å². The predicted octanol–water partition coefficient (Wildman–Crippen LogP) is 4.08. The van der Waals surface area contributed by atoms with Gasteiger partial charge in [0, 0.05) is 33.4 Å². The van der Waals surface area contributed by atoms with E-state index in [-0.39, 0.29) is 5.75 Å². The van der Waals surface area contributed by atoms with E-state index in [1.54, 1.807) is 18.0 Å². The third kappa shape index (κ3) is 5.60. The fourth-order valence-corrected chi connectivity index (χ4v) is 4.58. The molecule has 0 fully saturated rings. The van der Waals surface area contributed by atoms with Crippen molar-refractivity contribution in [1.29, 1.82) is 0 Å². The highest BCUT2D eigenvalue weighted by Crippen LogP contribution is 2.36. The molecule has 146 valence electrons. The maximum atomic E-state index is 11.3. The largest absolute Gasteiger partial charge is 0.491 e. The summed E-state index contributed by atoms with van der Waals surface area (Å²) in [7, 11) is -2.99. The van der Waals surface area contributed by atoms with Crippen molar-refractivity contribution in [3.05, 3.63) is 23.7 Å². The number of sulfone groups is 1. The number of thioether (sulfide) groups is 1. The second kappa shape index (κ2) is 8.49. The molecule has 7 nitrogen and oxygen atoms in total. The highest BCUT2D eigenvalue weighted by Gasteiger charge is 2.15. The number of nitrogens with zero attached hydrogens (tertiary/aromatic N) is 2. The van der Waals surface area contributed by atoms with E-state index in [0.29, 0.717) is 29.8 Å². The molecule has 2 N–H and O–H groups in total. The van der Waals surface area contributed by atoms with E-state index in [2.05, 4.69) is 40.4 Å². The summed E-state index contributed by atoms with van der Waals surface area (Å²) in [6.45, 7) is 4.59. The molecule has 0 aliphatic heterocycles. The lowest BCUT2D eigenvalue weighted by Gasteiger charge is -2.11. The highest BCUT2D eigenvalue weighted by atomic mass is 32.2. The third-order valence-corrected chi connectivity index (χ3v) is 6.25. The van der Waals surface area contributed by atoms with E-state index in [4.69, 9.17) is 4.74 Å². The van der Waals surface area contributed by atoms with Crippen molar-refractivity contribution >= 4 is 54.8 Å². The summed E-state index contributed by atoms with van der Waals surface area (Å²) in [4.78, 5) is 5.30. The fourth-order valence-electron chi connectivity index (χ4n) is 2.50. The van der Waals surface area contributed by atoms with Crippen molar-refractivity contribution < 1.29 is 13.2 Å². The van der Waals surface area contributed by atoms with Crippen molar-refractivity contribution in [3.63, 3.8) is 0 Å². The first-order valence-electron chi connectivity index (χ1n) is 8.47. The third-order valence-electron chi connectivity index (χ3n) is 3.56. The number of hydrogen-bond acceptors (Lipinski definition) is 8. The smallest absolute Gasteiger partial charge is 0.188 e. The second-order valence-corrected chi connectivity index (χ2v) is 11.2. The number of fused-ring (bicyclic) bond motifs is 1. The van der Waals surface area contributed by atoms with Crippen LogP contribution in [0.2, 0.25) is 0 Å². The average molecular weight is 427 g/mol.